The van der Waals surface area contributed by atoms with Gasteiger partial charge in [-0.15, -0.1) is 0 Å². The number of carbonyl (C=O) groups is 1. The number of hydrogen-bond donors (Lipinski definition) is 0. The van der Waals surface area contributed by atoms with E-state index in [0.29, 0.717) is 23.5 Å². The highest BCUT2D eigenvalue weighted by atomic mass is 32.2. The van der Waals surface area contributed by atoms with Gasteiger partial charge >= 0.3 is 5.97 Å². The molecule has 0 saturated heterocycles. The molecule has 3 rings (SSSR count). The summed E-state index contributed by atoms with van der Waals surface area (Å²) in [5, 5.41) is 0. The minimum Gasteiger partial charge on any atom is -0.493 e. The molecule has 0 bridgehead atoms. The third-order valence-electron chi connectivity index (χ3n) is 4.94. The lowest BCUT2D eigenvalue weighted by atomic mass is 9.91. The maximum Gasteiger partial charge on any atom is 0.307 e. The van der Waals surface area contributed by atoms with Crippen LogP contribution in [0, 0.1) is 5.82 Å². The molecule has 0 amide bonds. The lowest BCUT2D eigenvalue weighted by Crippen LogP contribution is -2.41. The number of nitrogens with zero attached hydrogens (tertiary/aromatic N) is 1. The molecule has 1 heterocycles. The monoisotopic (exact) mass is 423 g/mol. The van der Waals surface area contributed by atoms with E-state index in [9.17, 15) is 17.6 Å². The third kappa shape index (κ3) is 4.06. The summed E-state index contributed by atoms with van der Waals surface area (Å²) in [6, 6.07) is 7.45. The molecule has 1 atom stereocenters. The molecule has 0 unspecified atom stereocenters. The average Bonchev–Trinajstić information content (AvgIpc) is 2.72. The molecule has 29 heavy (non-hydrogen) atoms. The Kier molecular flexibility index (Phi) is 6.09. The number of benzene rings is 2. The molecule has 1 aliphatic heterocycles. The summed E-state index contributed by atoms with van der Waals surface area (Å²) in [5.41, 5.74) is 1.47. The summed E-state index contributed by atoms with van der Waals surface area (Å²) < 4.78 is 56.8. The van der Waals surface area contributed by atoms with E-state index in [0.717, 1.165) is 11.6 Å². The zero-order valence-electron chi connectivity index (χ0n) is 16.3. The number of fused-ring (bicyclic) bond motifs is 1. The van der Waals surface area contributed by atoms with Gasteiger partial charge in [0.1, 0.15) is 5.82 Å². The van der Waals surface area contributed by atoms with E-state index in [1.165, 1.54) is 43.8 Å². The van der Waals surface area contributed by atoms with Crippen molar-refractivity contribution in [2.45, 2.75) is 23.8 Å². The van der Waals surface area contributed by atoms with Crippen LogP contribution in [0.15, 0.2) is 41.3 Å². The molecule has 0 radical (unpaired) electrons. The fourth-order valence-corrected chi connectivity index (χ4v) is 5.15. The standard InChI is InChI=1S/C20H22FNO6S/c1-26-18-9-13-7-8-22(29(24,25)15-6-4-5-14(21)10-15)17(12-20(23)28-3)16(13)11-19(18)27-2/h4-6,9-11,17H,7-8,12H2,1-3H3/t17-/m1/s1. The van der Waals surface area contributed by atoms with Crippen molar-refractivity contribution in [3.63, 3.8) is 0 Å². The number of hydrogen-bond acceptors (Lipinski definition) is 6. The van der Waals surface area contributed by atoms with Crippen molar-refractivity contribution in [3.8, 4) is 11.5 Å². The predicted molar refractivity (Wildman–Crippen MR) is 103 cm³/mol. The fourth-order valence-electron chi connectivity index (χ4n) is 3.51. The van der Waals surface area contributed by atoms with E-state index in [2.05, 4.69) is 0 Å². The summed E-state index contributed by atoms with van der Waals surface area (Å²) >= 11 is 0. The van der Waals surface area contributed by atoms with Gasteiger partial charge in [-0.2, -0.15) is 4.31 Å². The number of rotatable bonds is 6. The molecule has 0 saturated carbocycles. The minimum absolute atomic E-state index is 0.128. The quantitative estimate of drug-likeness (QED) is 0.665. The fraction of sp³-hybridized carbons (Fsp3) is 0.350. The van der Waals surface area contributed by atoms with Crippen LogP contribution in [0.2, 0.25) is 0 Å². The van der Waals surface area contributed by atoms with Crippen LogP contribution in [0.3, 0.4) is 0 Å². The van der Waals surface area contributed by atoms with E-state index in [1.54, 1.807) is 12.1 Å². The van der Waals surface area contributed by atoms with Gasteiger partial charge in [0.25, 0.3) is 0 Å². The van der Waals surface area contributed by atoms with Crippen LogP contribution in [0.4, 0.5) is 4.39 Å². The van der Waals surface area contributed by atoms with Crippen molar-refractivity contribution in [1.29, 1.82) is 0 Å². The van der Waals surface area contributed by atoms with Gasteiger partial charge in [-0.3, -0.25) is 4.79 Å². The predicted octanol–water partition coefficient (Wildman–Crippen LogP) is 2.69. The second-order valence-electron chi connectivity index (χ2n) is 6.53. The Hall–Kier alpha value is -2.65. The number of sulfonamides is 1. The van der Waals surface area contributed by atoms with Crippen LogP contribution in [0.1, 0.15) is 23.6 Å². The molecule has 7 nitrogen and oxygen atoms in total. The topological polar surface area (TPSA) is 82.1 Å². The van der Waals surface area contributed by atoms with Gasteiger partial charge in [-0.05, 0) is 47.9 Å². The lowest BCUT2D eigenvalue weighted by Gasteiger charge is -2.36. The van der Waals surface area contributed by atoms with E-state index >= 15 is 0 Å². The number of esters is 1. The van der Waals surface area contributed by atoms with E-state index < -0.39 is 27.9 Å². The summed E-state index contributed by atoms with van der Waals surface area (Å²) in [6.45, 7) is 0.128. The molecule has 0 aliphatic carbocycles. The molecular formula is C20H22FNO6S. The first-order chi connectivity index (χ1) is 13.8. The maximum absolute atomic E-state index is 13.7. The first-order valence-corrected chi connectivity index (χ1v) is 10.3. The smallest absolute Gasteiger partial charge is 0.307 e. The number of halogens is 1. The van der Waals surface area contributed by atoms with Gasteiger partial charge in [-0.1, -0.05) is 6.07 Å². The summed E-state index contributed by atoms with van der Waals surface area (Å²) in [4.78, 5) is 11.9. The summed E-state index contributed by atoms with van der Waals surface area (Å²) in [6.07, 6.45) is 0.218. The molecule has 0 fully saturated rings. The van der Waals surface area contributed by atoms with Crippen LogP contribution in [0.25, 0.3) is 0 Å². The second kappa shape index (κ2) is 8.38. The Labute approximate surface area is 169 Å². The van der Waals surface area contributed by atoms with Crippen LogP contribution in [-0.2, 0) is 26.0 Å². The molecule has 9 heteroatoms. The third-order valence-corrected chi connectivity index (χ3v) is 6.85. The Morgan fingerprint density at radius 2 is 1.83 bits per heavy atom. The zero-order valence-corrected chi connectivity index (χ0v) is 17.2. The van der Waals surface area contributed by atoms with E-state index in [-0.39, 0.29) is 17.9 Å². The highest BCUT2D eigenvalue weighted by Gasteiger charge is 2.38. The second-order valence-corrected chi connectivity index (χ2v) is 8.42. The van der Waals surface area contributed by atoms with Gasteiger partial charge in [-0.25, -0.2) is 12.8 Å². The highest BCUT2D eigenvalue weighted by Crippen LogP contribution is 2.41. The number of ether oxygens (including phenoxy) is 3. The van der Waals surface area contributed by atoms with Gasteiger partial charge in [0.15, 0.2) is 11.5 Å². The van der Waals surface area contributed by atoms with Crippen molar-refractivity contribution in [2.24, 2.45) is 0 Å². The Morgan fingerprint density at radius 1 is 1.14 bits per heavy atom. The van der Waals surface area contributed by atoms with Crippen molar-refractivity contribution in [3.05, 3.63) is 53.3 Å². The maximum atomic E-state index is 13.7. The molecule has 1 aliphatic rings. The van der Waals surface area contributed by atoms with Gasteiger partial charge in [0, 0.05) is 6.54 Å². The molecular weight excluding hydrogens is 401 g/mol. The minimum atomic E-state index is -4.05. The van der Waals surface area contributed by atoms with Crippen LogP contribution < -0.4 is 9.47 Å². The molecule has 2 aromatic carbocycles. The summed E-state index contributed by atoms with van der Waals surface area (Å²) in [7, 11) is 0.180. The number of methoxy groups -OCH3 is 3. The largest absolute Gasteiger partial charge is 0.493 e. The highest BCUT2D eigenvalue weighted by molar-refractivity contribution is 7.89. The van der Waals surface area contributed by atoms with E-state index in [4.69, 9.17) is 14.2 Å². The van der Waals surface area contributed by atoms with Crippen molar-refractivity contribution >= 4 is 16.0 Å². The Morgan fingerprint density at radius 3 is 2.45 bits per heavy atom. The Bertz CT molecular complexity index is 1020. The first kappa shape index (κ1) is 21.1. The van der Waals surface area contributed by atoms with Crippen LogP contribution >= 0.6 is 0 Å². The van der Waals surface area contributed by atoms with E-state index in [1.807, 2.05) is 0 Å². The molecule has 0 N–H and O–H groups in total. The lowest BCUT2D eigenvalue weighted by molar-refractivity contribution is -0.141. The Balaban J connectivity index is 2.12. The summed E-state index contributed by atoms with van der Waals surface area (Å²) in [5.74, 6) is -0.271. The number of carbonyl (C=O) groups excluding carboxylic acids is 1. The molecule has 0 spiro atoms. The zero-order chi connectivity index (χ0) is 21.2. The molecule has 2 aromatic rings. The van der Waals surface area contributed by atoms with Gasteiger partial charge < -0.3 is 14.2 Å². The van der Waals surface area contributed by atoms with Gasteiger partial charge in [0.2, 0.25) is 10.0 Å². The van der Waals surface area contributed by atoms with Crippen LogP contribution in [0.5, 0.6) is 11.5 Å². The van der Waals surface area contributed by atoms with Crippen LogP contribution in [-0.4, -0.2) is 46.6 Å². The molecule has 0 aromatic heterocycles. The van der Waals surface area contributed by atoms with Crippen molar-refractivity contribution in [1.82, 2.24) is 4.31 Å². The van der Waals surface area contributed by atoms with Crippen molar-refractivity contribution in [2.75, 3.05) is 27.9 Å². The molecule has 156 valence electrons. The van der Waals surface area contributed by atoms with Crippen molar-refractivity contribution < 1.29 is 31.8 Å². The first-order valence-electron chi connectivity index (χ1n) is 8.90. The normalized spacial score (nSPS) is 16.8. The van der Waals surface area contributed by atoms with Gasteiger partial charge in [0.05, 0.1) is 38.7 Å². The average molecular weight is 423 g/mol. The SMILES string of the molecule is COC(=O)C[C@@H]1c2cc(OC)c(OC)cc2CCN1S(=O)(=O)c1cccc(F)c1.